The minimum Gasteiger partial charge on any atom is -0.338 e. The highest BCUT2D eigenvalue weighted by Gasteiger charge is 2.19. The predicted molar refractivity (Wildman–Crippen MR) is 82.2 cm³/mol. The second-order valence-corrected chi connectivity index (χ2v) is 5.68. The maximum atomic E-state index is 12.3. The van der Waals surface area contributed by atoms with Crippen LogP contribution in [0.5, 0.6) is 0 Å². The van der Waals surface area contributed by atoms with Crippen LogP contribution in [0.25, 0.3) is 6.08 Å². The largest absolute Gasteiger partial charge is 0.338 e. The van der Waals surface area contributed by atoms with Gasteiger partial charge >= 0.3 is 0 Å². The van der Waals surface area contributed by atoms with Crippen molar-refractivity contribution in [3.63, 3.8) is 0 Å². The molecule has 20 heavy (non-hydrogen) atoms. The average Bonchev–Trinajstić information content (AvgIpc) is 2.53. The van der Waals surface area contributed by atoms with Crippen LogP contribution in [0.3, 0.4) is 0 Å². The molecule has 0 saturated carbocycles. The first-order valence-electron chi connectivity index (χ1n) is 6.79. The quantitative estimate of drug-likeness (QED) is 0.486. The maximum absolute atomic E-state index is 12.3. The molecule has 3 nitrogen and oxygen atoms in total. The van der Waals surface area contributed by atoms with E-state index in [1.165, 1.54) is 11.3 Å². The van der Waals surface area contributed by atoms with E-state index in [0.29, 0.717) is 0 Å². The Balaban J connectivity index is 2.15. The molecule has 0 bridgehead atoms. The highest BCUT2D eigenvalue weighted by Crippen LogP contribution is 2.18. The van der Waals surface area contributed by atoms with E-state index in [0.717, 1.165) is 31.5 Å². The van der Waals surface area contributed by atoms with Crippen molar-refractivity contribution in [1.29, 1.82) is 5.26 Å². The number of carbonyl (C=O) groups is 1. The molecule has 1 saturated heterocycles. The summed E-state index contributed by atoms with van der Waals surface area (Å²) in [5, 5.41) is 9.22. The molecule has 0 N–H and O–H groups in total. The lowest BCUT2D eigenvalue weighted by molar-refractivity contribution is -0.127. The van der Waals surface area contributed by atoms with Gasteiger partial charge in [-0.05, 0) is 49.3 Å². The summed E-state index contributed by atoms with van der Waals surface area (Å²) in [5.74, 6) is -0.138. The van der Waals surface area contributed by atoms with E-state index < -0.39 is 0 Å². The topological polar surface area (TPSA) is 44.1 Å². The van der Waals surface area contributed by atoms with Gasteiger partial charge in [0.25, 0.3) is 5.91 Å². The first-order valence-corrected chi connectivity index (χ1v) is 8.02. The SMILES string of the molecule is CSc1ccc(/C=C(/C#N)C(=O)N2CCCCC2)cc1. The van der Waals surface area contributed by atoms with Gasteiger partial charge in [0.2, 0.25) is 0 Å². The van der Waals surface area contributed by atoms with Crippen molar-refractivity contribution >= 4 is 23.7 Å². The molecule has 0 aliphatic carbocycles. The molecule has 1 fully saturated rings. The van der Waals surface area contributed by atoms with Gasteiger partial charge in [0.1, 0.15) is 11.6 Å². The van der Waals surface area contributed by atoms with Crippen LogP contribution in [0.2, 0.25) is 0 Å². The van der Waals surface area contributed by atoms with Crippen molar-refractivity contribution in [1.82, 2.24) is 4.90 Å². The molecule has 1 aliphatic rings. The molecule has 1 aromatic rings. The van der Waals surface area contributed by atoms with E-state index in [4.69, 9.17) is 0 Å². The first-order chi connectivity index (χ1) is 9.74. The molecule has 2 rings (SSSR count). The van der Waals surface area contributed by atoms with Crippen molar-refractivity contribution in [3.05, 3.63) is 35.4 Å². The van der Waals surface area contributed by atoms with Crippen LogP contribution in [0, 0.1) is 11.3 Å². The number of hydrogen-bond donors (Lipinski definition) is 0. The van der Waals surface area contributed by atoms with Gasteiger partial charge in [-0.1, -0.05) is 12.1 Å². The summed E-state index contributed by atoms with van der Waals surface area (Å²) in [6, 6.07) is 9.91. The number of rotatable bonds is 3. The molecule has 1 heterocycles. The van der Waals surface area contributed by atoms with Crippen LogP contribution in [0.15, 0.2) is 34.7 Å². The number of thioether (sulfide) groups is 1. The number of nitrogens with zero attached hydrogens (tertiary/aromatic N) is 2. The zero-order chi connectivity index (χ0) is 14.4. The zero-order valence-corrected chi connectivity index (χ0v) is 12.4. The van der Waals surface area contributed by atoms with Gasteiger partial charge in [-0.2, -0.15) is 5.26 Å². The maximum Gasteiger partial charge on any atom is 0.264 e. The molecule has 0 aromatic heterocycles. The Morgan fingerprint density at radius 1 is 1.25 bits per heavy atom. The Hall–Kier alpha value is -1.73. The first kappa shape index (κ1) is 14.7. The molecular formula is C16H18N2OS. The van der Waals surface area contributed by atoms with Gasteiger partial charge in [-0.3, -0.25) is 4.79 Å². The Morgan fingerprint density at radius 3 is 2.45 bits per heavy atom. The van der Waals surface area contributed by atoms with E-state index in [1.807, 2.05) is 36.6 Å². The van der Waals surface area contributed by atoms with Gasteiger partial charge in [0.15, 0.2) is 0 Å². The molecule has 0 spiro atoms. The summed E-state index contributed by atoms with van der Waals surface area (Å²) in [5.41, 5.74) is 1.12. The van der Waals surface area contributed by atoms with Crippen LogP contribution in [0.4, 0.5) is 0 Å². The fourth-order valence-corrected chi connectivity index (χ4v) is 2.68. The Morgan fingerprint density at radius 2 is 1.90 bits per heavy atom. The number of nitriles is 1. The molecule has 1 aliphatic heterocycles. The van der Waals surface area contributed by atoms with Crippen LogP contribution < -0.4 is 0 Å². The molecule has 0 radical (unpaired) electrons. The van der Waals surface area contributed by atoms with Gasteiger partial charge in [0.05, 0.1) is 0 Å². The van der Waals surface area contributed by atoms with Gasteiger partial charge < -0.3 is 4.90 Å². The highest BCUT2D eigenvalue weighted by molar-refractivity contribution is 7.98. The highest BCUT2D eigenvalue weighted by atomic mass is 32.2. The van der Waals surface area contributed by atoms with E-state index in [1.54, 1.807) is 22.7 Å². The van der Waals surface area contributed by atoms with E-state index in [9.17, 15) is 10.1 Å². The number of likely N-dealkylation sites (tertiary alicyclic amines) is 1. The third-order valence-corrected chi connectivity index (χ3v) is 4.16. The molecule has 1 aromatic carbocycles. The van der Waals surface area contributed by atoms with Crippen LogP contribution in [-0.2, 0) is 4.79 Å². The molecule has 4 heteroatoms. The lowest BCUT2D eigenvalue weighted by atomic mass is 10.1. The Labute approximate surface area is 124 Å². The minimum absolute atomic E-state index is 0.138. The third-order valence-electron chi connectivity index (χ3n) is 3.42. The fraction of sp³-hybridized carbons (Fsp3) is 0.375. The van der Waals surface area contributed by atoms with E-state index in [-0.39, 0.29) is 11.5 Å². The van der Waals surface area contributed by atoms with Crippen molar-refractivity contribution < 1.29 is 4.79 Å². The molecule has 1 amide bonds. The lowest BCUT2D eigenvalue weighted by Gasteiger charge is -2.26. The molecule has 104 valence electrons. The smallest absolute Gasteiger partial charge is 0.264 e. The number of amides is 1. The number of piperidine rings is 1. The van der Waals surface area contributed by atoms with Gasteiger partial charge in [-0.25, -0.2) is 0 Å². The van der Waals surface area contributed by atoms with Crippen LogP contribution in [-0.4, -0.2) is 30.2 Å². The Bertz CT molecular complexity index is 537. The summed E-state index contributed by atoms with van der Waals surface area (Å²) < 4.78 is 0. The van der Waals surface area contributed by atoms with E-state index >= 15 is 0 Å². The third kappa shape index (κ3) is 3.64. The normalized spacial score (nSPS) is 15.8. The second kappa shape index (κ2) is 7.16. The summed E-state index contributed by atoms with van der Waals surface area (Å²) in [6.07, 6.45) is 6.94. The van der Waals surface area contributed by atoms with E-state index in [2.05, 4.69) is 0 Å². The Kier molecular flexibility index (Phi) is 5.25. The van der Waals surface area contributed by atoms with Crippen LogP contribution >= 0.6 is 11.8 Å². The summed E-state index contributed by atoms with van der Waals surface area (Å²) >= 11 is 1.67. The molecule has 0 unspecified atom stereocenters. The lowest BCUT2D eigenvalue weighted by Crippen LogP contribution is -2.36. The van der Waals surface area contributed by atoms with Gasteiger partial charge in [-0.15, -0.1) is 11.8 Å². The summed E-state index contributed by atoms with van der Waals surface area (Å²) in [6.45, 7) is 1.53. The predicted octanol–water partition coefficient (Wildman–Crippen LogP) is 3.33. The molecule has 0 atom stereocenters. The minimum atomic E-state index is -0.138. The van der Waals surface area contributed by atoms with Crippen molar-refractivity contribution in [2.75, 3.05) is 19.3 Å². The van der Waals surface area contributed by atoms with Gasteiger partial charge in [0, 0.05) is 18.0 Å². The summed E-state index contributed by atoms with van der Waals surface area (Å²) in [4.78, 5) is 15.2. The average molecular weight is 286 g/mol. The fourth-order valence-electron chi connectivity index (χ4n) is 2.28. The number of hydrogen-bond acceptors (Lipinski definition) is 3. The summed E-state index contributed by atoms with van der Waals surface area (Å²) in [7, 11) is 0. The second-order valence-electron chi connectivity index (χ2n) is 4.80. The van der Waals surface area contributed by atoms with Crippen LogP contribution in [0.1, 0.15) is 24.8 Å². The monoisotopic (exact) mass is 286 g/mol. The van der Waals surface area contributed by atoms with Crippen molar-refractivity contribution in [3.8, 4) is 6.07 Å². The number of carbonyl (C=O) groups excluding carboxylic acids is 1. The standard InChI is InChI=1S/C16H18N2OS/c1-20-15-7-5-13(6-8-15)11-14(12-17)16(19)18-9-3-2-4-10-18/h5-8,11H,2-4,9-10H2,1H3/b14-11-. The zero-order valence-electron chi connectivity index (χ0n) is 11.6. The number of benzene rings is 1. The van der Waals surface area contributed by atoms with Crippen molar-refractivity contribution in [2.24, 2.45) is 0 Å². The van der Waals surface area contributed by atoms with Crippen molar-refractivity contribution in [2.45, 2.75) is 24.2 Å². The molecular weight excluding hydrogens is 268 g/mol.